The lowest BCUT2D eigenvalue weighted by atomic mass is 9.72. The maximum absolute atomic E-state index is 9.84. The SMILES string of the molecule is CCC1CC2CC(C)N(O)C(C1)C2. The van der Waals surface area contributed by atoms with Crippen LogP contribution < -0.4 is 0 Å². The van der Waals surface area contributed by atoms with Gasteiger partial charge in [0.25, 0.3) is 0 Å². The van der Waals surface area contributed by atoms with Crippen molar-refractivity contribution in [2.24, 2.45) is 11.8 Å². The first kappa shape index (κ1) is 9.47. The maximum atomic E-state index is 9.84. The van der Waals surface area contributed by atoms with Crippen molar-refractivity contribution in [1.82, 2.24) is 5.06 Å². The van der Waals surface area contributed by atoms with Gasteiger partial charge < -0.3 is 5.21 Å². The summed E-state index contributed by atoms with van der Waals surface area (Å²) in [7, 11) is 0. The fraction of sp³-hybridized carbons (Fsp3) is 1.00. The molecule has 1 heterocycles. The van der Waals surface area contributed by atoms with Crippen LogP contribution in [0.15, 0.2) is 0 Å². The third kappa shape index (κ3) is 1.75. The Morgan fingerprint density at radius 3 is 2.69 bits per heavy atom. The summed E-state index contributed by atoms with van der Waals surface area (Å²) in [6.07, 6.45) is 6.34. The number of hydrogen-bond donors (Lipinski definition) is 1. The van der Waals surface area contributed by atoms with Crippen LogP contribution in [0.3, 0.4) is 0 Å². The van der Waals surface area contributed by atoms with Gasteiger partial charge in [-0.1, -0.05) is 13.3 Å². The molecule has 0 spiro atoms. The van der Waals surface area contributed by atoms with Gasteiger partial charge in [-0.15, -0.1) is 0 Å². The van der Waals surface area contributed by atoms with Crippen LogP contribution in [0.1, 0.15) is 46.0 Å². The Bertz CT molecular complexity index is 178. The number of fused-ring (bicyclic) bond motifs is 2. The minimum absolute atomic E-state index is 0.390. The number of hydrogen-bond acceptors (Lipinski definition) is 2. The predicted molar refractivity (Wildman–Crippen MR) is 52.6 cm³/mol. The van der Waals surface area contributed by atoms with E-state index in [0.29, 0.717) is 12.1 Å². The van der Waals surface area contributed by atoms with Crippen molar-refractivity contribution in [3.63, 3.8) is 0 Å². The van der Waals surface area contributed by atoms with Gasteiger partial charge in [0, 0.05) is 12.1 Å². The molecule has 2 nitrogen and oxygen atoms in total. The highest BCUT2D eigenvalue weighted by molar-refractivity contribution is 4.89. The van der Waals surface area contributed by atoms with E-state index in [2.05, 4.69) is 13.8 Å². The summed E-state index contributed by atoms with van der Waals surface area (Å²) in [6, 6.07) is 0.856. The molecule has 76 valence electrons. The molecule has 1 aliphatic heterocycles. The van der Waals surface area contributed by atoms with E-state index in [1.165, 1.54) is 32.1 Å². The monoisotopic (exact) mass is 183 g/mol. The van der Waals surface area contributed by atoms with Crippen molar-refractivity contribution in [3.05, 3.63) is 0 Å². The standard InChI is InChI=1S/C11H21NO/c1-3-9-5-10-4-8(2)12(13)11(6-9)7-10/h8-11,13H,3-7H2,1-2H3. The Hall–Kier alpha value is -0.0800. The van der Waals surface area contributed by atoms with Crippen LogP contribution >= 0.6 is 0 Å². The number of hydroxylamine groups is 2. The highest BCUT2D eigenvalue weighted by Crippen LogP contribution is 2.40. The van der Waals surface area contributed by atoms with Crippen LogP contribution in [0.2, 0.25) is 0 Å². The number of piperidine rings is 1. The largest absolute Gasteiger partial charge is 0.313 e. The van der Waals surface area contributed by atoms with Gasteiger partial charge in [0.2, 0.25) is 0 Å². The van der Waals surface area contributed by atoms with Crippen LogP contribution in [0.25, 0.3) is 0 Å². The van der Waals surface area contributed by atoms with Crippen molar-refractivity contribution in [2.75, 3.05) is 0 Å². The molecule has 0 aromatic carbocycles. The summed E-state index contributed by atoms with van der Waals surface area (Å²) < 4.78 is 0. The Labute approximate surface area is 80.9 Å². The molecule has 0 amide bonds. The molecule has 2 heteroatoms. The molecule has 1 aliphatic carbocycles. The van der Waals surface area contributed by atoms with Gasteiger partial charge >= 0.3 is 0 Å². The first-order chi connectivity index (χ1) is 6.20. The summed E-state index contributed by atoms with van der Waals surface area (Å²) in [4.78, 5) is 0. The van der Waals surface area contributed by atoms with Crippen molar-refractivity contribution in [3.8, 4) is 0 Å². The van der Waals surface area contributed by atoms with E-state index < -0.39 is 0 Å². The van der Waals surface area contributed by atoms with Crippen LogP contribution in [0.5, 0.6) is 0 Å². The first-order valence-corrected chi connectivity index (χ1v) is 5.68. The fourth-order valence-electron chi connectivity index (χ4n) is 3.22. The van der Waals surface area contributed by atoms with Gasteiger partial charge in [-0.2, -0.15) is 5.06 Å². The number of nitrogens with zero attached hydrogens (tertiary/aromatic N) is 1. The predicted octanol–water partition coefficient (Wildman–Crippen LogP) is 2.66. The quantitative estimate of drug-likeness (QED) is 0.675. The summed E-state index contributed by atoms with van der Waals surface area (Å²) in [6.45, 7) is 4.42. The summed E-state index contributed by atoms with van der Waals surface area (Å²) >= 11 is 0. The molecular weight excluding hydrogens is 162 g/mol. The molecule has 0 aromatic heterocycles. The maximum Gasteiger partial charge on any atom is 0.0358 e. The molecular formula is C11H21NO. The van der Waals surface area contributed by atoms with Crippen molar-refractivity contribution >= 4 is 0 Å². The van der Waals surface area contributed by atoms with Gasteiger partial charge in [0.05, 0.1) is 0 Å². The smallest absolute Gasteiger partial charge is 0.0358 e. The van der Waals surface area contributed by atoms with Gasteiger partial charge in [0.1, 0.15) is 0 Å². The molecule has 1 N–H and O–H groups in total. The lowest BCUT2D eigenvalue weighted by Crippen LogP contribution is -2.49. The molecule has 2 aliphatic rings. The first-order valence-electron chi connectivity index (χ1n) is 5.68. The van der Waals surface area contributed by atoms with Gasteiger partial charge in [-0.25, -0.2) is 0 Å². The minimum atomic E-state index is 0.390. The Morgan fingerprint density at radius 1 is 1.23 bits per heavy atom. The fourth-order valence-corrected chi connectivity index (χ4v) is 3.22. The molecule has 4 unspecified atom stereocenters. The summed E-state index contributed by atoms with van der Waals surface area (Å²) in [5, 5.41) is 11.5. The van der Waals surface area contributed by atoms with E-state index in [4.69, 9.17) is 0 Å². The highest BCUT2D eigenvalue weighted by Gasteiger charge is 2.38. The molecule has 0 aromatic rings. The zero-order chi connectivity index (χ0) is 9.42. The van der Waals surface area contributed by atoms with E-state index >= 15 is 0 Å². The second-order valence-corrected chi connectivity index (χ2v) is 4.97. The molecule has 2 fully saturated rings. The van der Waals surface area contributed by atoms with Crippen molar-refractivity contribution in [2.45, 2.75) is 58.0 Å². The van der Waals surface area contributed by atoms with E-state index in [-0.39, 0.29) is 0 Å². The molecule has 2 rings (SSSR count). The highest BCUT2D eigenvalue weighted by atomic mass is 16.5. The number of rotatable bonds is 1. The van der Waals surface area contributed by atoms with Gasteiger partial charge in [0.15, 0.2) is 0 Å². The average molecular weight is 183 g/mol. The van der Waals surface area contributed by atoms with Crippen LogP contribution in [0, 0.1) is 11.8 Å². The normalized spacial score (nSPS) is 46.4. The average Bonchev–Trinajstić information content (AvgIpc) is 2.14. The molecule has 1 saturated carbocycles. The van der Waals surface area contributed by atoms with E-state index in [1.54, 1.807) is 5.06 Å². The molecule has 0 radical (unpaired) electrons. The second-order valence-electron chi connectivity index (χ2n) is 4.97. The third-order valence-electron chi connectivity index (χ3n) is 3.95. The molecule has 1 saturated heterocycles. The zero-order valence-electron chi connectivity index (χ0n) is 8.74. The molecule has 4 atom stereocenters. The van der Waals surface area contributed by atoms with E-state index in [0.717, 1.165) is 11.8 Å². The van der Waals surface area contributed by atoms with Gasteiger partial charge in [-0.05, 0) is 44.4 Å². The van der Waals surface area contributed by atoms with Crippen molar-refractivity contribution in [1.29, 1.82) is 0 Å². The minimum Gasteiger partial charge on any atom is -0.313 e. The van der Waals surface area contributed by atoms with Gasteiger partial charge in [-0.3, -0.25) is 0 Å². The Kier molecular flexibility index (Phi) is 2.61. The Balaban J connectivity index is 2.03. The summed E-state index contributed by atoms with van der Waals surface area (Å²) in [5.74, 6) is 1.76. The topological polar surface area (TPSA) is 23.5 Å². The van der Waals surface area contributed by atoms with Crippen LogP contribution in [-0.2, 0) is 0 Å². The van der Waals surface area contributed by atoms with Crippen LogP contribution in [0.4, 0.5) is 0 Å². The zero-order valence-corrected chi connectivity index (χ0v) is 8.74. The third-order valence-corrected chi connectivity index (χ3v) is 3.95. The molecule has 2 bridgehead atoms. The second kappa shape index (κ2) is 3.58. The molecule has 13 heavy (non-hydrogen) atoms. The lowest BCUT2D eigenvalue weighted by Gasteiger charge is -2.46. The van der Waals surface area contributed by atoms with E-state index in [1.807, 2.05) is 0 Å². The summed E-state index contributed by atoms with van der Waals surface area (Å²) in [5.41, 5.74) is 0. The van der Waals surface area contributed by atoms with E-state index in [9.17, 15) is 5.21 Å². The lowest BCUT2D eigenvalue weighted by molar-refractivity contribution is -0.196. The van der Waals surface area contributed by atoms with Crippen molar-refractivity contribution < 1.29 is 5.21 Å². The Morgan fingerprint density at radius 2 is 2.00 bits per heavy atom. The van der Waals surface area contributed by atoms with Crippen LogP contribution in [-0.4, -0.2) is 22.4 Å².